The number of aryl methyl sites for hydroxylation is 1. The number of phenols is 2. The zero-order chi connectivity index (χ0) is 28.4. The van der Waals surface area contributed by atoms with Crippen molar-refractivity contribution in [2.24, 2.45) is 5.41 Å². The van der Waals surface area contributed by atoms with E-state index in [9.17, 15) is 10.2 Å². The Hall–Kier alpha value is -4.56. The molecule has 0 heterocycles. The Bertz CT molecular complexity index is 1910. The third-order valence-corrected chi connectivity index (χ3v) is 8.87. The highest BCUT2D eigenvalue weighted by Gasteiger charge is 2.46. The van der Waals surface area contributed by atoms with E-state index in [1.807, 2.05) is 18.2 Å². The average Bonchev–Trinajstić information content (AvgIpc) is 3.27. The highest BCUT2D eigenvalue weighted by atomic mass is 16.3. The van der Waals surface area contributed by atoms with Crippen LogP contribution in [0.3, 0.4) is 0 Å². The molecule has 0 saturated heterocycles. The monoisotopic (exact) mass is 534 g/mol. The van der Waals surface area contributed by atoms with E-state index in [1.165, 1.54) is 33.4 Å². The van der Waals surface area contributed by atoms with E-state index in [2.05, 4.69) is 112 Å². The van der Waals surface area contributed by atoms with E-state index >= 15 is 0 Å². The van der Waals surface area contributed by atoms with Gasteiger partial charge in [-0.3, -0.25) is 0 Å². The summed E-state index contributed by atoms with van der Waals surface area (Å²) in [5, 5.41) is 25.3. The largest absolute Gasteiger partial charge is 0.508 e. The predicted octanol–water partition coefficient (Wildman–Crippen LogP) is 9.75. The molecular weight excluding hydrogens is 500 g/mol. The van der Waals surface area contributed by atoms with Gasteiger partial charge in [-0.25, -0.2) is 0 Å². The number of hydrogen-bond donors (Lipinski definition) is 2. The van der Waals surface area contributed by atoms with E-state index in [-0.39, 0.29) is 11.2 Å². The van der Waals surface area contributed by atoms with Crippen LogP contribution in [0, 0.1) is 5.41 Å². The molecule has 0 aromatic heterocycles. The lowest BCUT2D eigenvalue weighted by Crippen LogP contribution is -2.28. The van der Waals surface area contributed by atoms with Crippen molar-refractivity contribution >= 4 is 21.5 Å². The first-order valence-corrected chi connectivity index (χ1v) is 14.4. The molecule has 1 aliphatic rings. The second-order valence-electron chi connectivity index (χ2n) is 12.6. The number of rotatable bonds is 4. The van der Waals surface area contributed by atoms with Gasteiger partial charge >= 0.3 is 0 Å². The second-order valence-corrected chi connectivity index (χ2v) is 12.6. The maximum absolute atomic E-state index is 10.9. The summed E-state index contributed by atoms with van der Waals surface area (Å²) in [5.41, 5.74) is 8.13. The zero-order valence-corrected chi connectivity index (χ0v) is 23.8. The normalized spacial score (nSPS) is 13.8. The van der Waals surface area contributed by atoms with Gasteiger partial charge in [-0.05, 0) is 104 Å². The van der Waals surface area contributed by atoms with E-state index in [0.29, 0.717) is 5.75 Å². The number of phenolic OH excluding ortho intramolecular Hbond substituents is 2. The summed E-state index contributed by atoms with van der Waals surface area (Å²) < 4.78 is 0. The van der Waals surface area contributed by atoms with Crippen molar-refractivity contribution in [1.82, 2.24) is 0 Å². The summed E-state index contributed by atoms with van der Waals surface area (Å²) in [6.45, 7) is 6.74. The van der Waals surface area contributed by atoms with E-state index < -0.39 is 5.41 Å². The Morgan fingerprint density at radius 3 is 1.83 bits per heavy atom. The first-order valence-electron chi connectivity index (χ1n) is 14.4. The van der Waals surface area contributed by atoms with Crippen LogP contribution in [0.4, 0.5) is 0 Å². The van der Waals surface area contributed by atoms with Gasteiger partial charge in [0.25, 0.3) is 0 Å². The molecule has 2 nitrogen and oxygen atoms in total. The third kappa shape index (κ3) is 4.01. The van der Waals surface area contributed by atoms with E-state index in [0.717, 1.165) is 39.9 Å². The molecule has 6 aromatic carbocycles. The molecule has 0 amide bonds. The number of aromatic hydroxyl groups is 2. The molecule has 0 spiro atoms. The van der Waals surface area contributed by atoms with Crippen molar-refractivity contribution in [1.29, 1.82) is 0 Å². The minimum Gasteiger partial charge on any atom is -0.508 e. The lowest BCUT2D eigenvalue weighted by molar-refractivity contribution is 0.374. The summed E-state index contributed by atoms with van der Waals surface area (Å²) in [4.78, 5) is 0. The molecule has 0 unspecified atom stereocenters. The summed E-state index contributed by atoms with van der Waals surface area (Å²) in [6, 6.07) is 40.5. The maximum atomic E-state index is 10.9. The Balaban J connectivity index is 1.52. The Morgan fingerprint density at radius 2 is 1.15 bits per heavy atom. The minimum atomic E-state index is -0.517. The lowest BCUT2D eigenvalue weighted by atomic mass is 9.67. The fourth-order valence-electron chi connectivity index (χ4n) is 6.87. The average molecular weight is 535 g/mol. The first-order chi connectivity index (χ1) is 19.8. The van der Waals surface area contributed by atoms with Crippen LogP contribution < -0.4 is 0 Å². The molecule has 202 valence electrons. The number of hydrogen-bond acceptors (Lipinski definition) is 2. The summed E-state index contributed by atoms with van der Waals surface area (Å²) in [5.74, 6) is 0.648. The predicted molar refractivity (Wildman–Crippen MR) is 170 cm³/mol. The van der Waals surface area contributed by atoms with Crippen LogP contribution in [0.2, 0.25) is 0 Å². The minimum absolute atomic E-state index is 0.183. The van der Waals surface area contributed by atoms with Crippen molar-refractivity contribution in [2.45, 2.75) is 39.0 Å². The van der Waals surface area contributed by atoms with Crippen LogP contribution in [0.5, 0.6) is 11.5 Å². The van der Waals surface area contributed by atoms with Crippen LogP contribution in [-0.4, -0.2) is 10.2 Å². The Labute approximate surface area is 241 Å². The first kappa shape index (κ1) is 25.4. The summed E-state index contributed by atoms with van der Waals surface area (Å²) >= 11 is 0. The molecule has 6 aromatic rings. The summed E-state index contributed by atoms with van der Waals surface area (Å²) in [6.07, 6.45) is 1.83. The summed E-state index contributed by atoms with van der Waals surface area (Å²) in [7, 11) is 0. The standard InChI is InChI=1S/C39H34O2/c1-38(2,3)21-20-34-31-18-16-29(23-27(31)14-19-37(34)41)39(28-15-12-26-24-30(40)17-13-25(26)22-28)35-10-6-4-8-32(35)33-9-5-7-11-36(33)39/h4-19,22-24,40-41H,20-21H2,1-3H3. The zero-order valence-electron chi connectivity index (χ0n) is 23.8. The van der Waals surface area contributed by atoms with Gasteiger partial charge in [0.1, 0.15) is 11.5 Å². The van der Waals surface area contributed by atoms with Gasteiger partial charge in [0.15, 0.2) is 0 Å². The van der Waals surface area contributed by atoms with Gasteiger partial charge < -0.3 is 10.2 Å². The van der Waals surface area contributed by atoms with Crippen LogP contribution in [0.1, 0.15) is 55.0 Å². The van der Waals surface area contributed by atoms with Crippen LogP contribution in [0.15, 0.2) is 115 Å². The van der Waals surface area contributed by atoms with E-state index in [4.69, 9.17) is 0 Å². The van der Waals surface area contributed by atoms with Gasteiger partial charge in [0, 0.05) is 5.56 Å². The van der Waals surface area contributed by atoms with Crippen LogP contribution in [-0.2, 0) is 11.8 Å². The fraction of sp³-hybridized carbons (Fsp3) is 0.179. The quantitative estimate of drug-likeness (QED) is 0.236. The molecular formula is C39H34O2. The van der Waals surface area contributed by atoms with Gasteiger partial charge in [-0.2, -0.15) is 0 Å². The van der Waals surface area contributed by atoms with Crippen molar-refractivity contribution in [3.63, 3.8) is 0 Å². The Morgan fingerprint density at radius 1 is 0.585 bits per heavy atom. The molecule has 2 heteroatoms. The second kappa shape index (κ2) is 9.24. The molecule has 7 rings (SSSR count). The fourth-order valence-corrected chi connectivity index (χ4v) is 6.87. The molecule has 0 bridgehead atoms. The third-order valence-electron chi connectivity index (χ3n) is 8.87. The molecule has 0 fully saturated rings. The highest BCUT2D eigenvalue weighted by Crippen LogP contribution is 2.56. The molecule has 0 radical (unpaired) electrons. The molecule has 0 saturated carbocycles. The number of fused-ring (bicyclic) bond motifs is 5. The van der Waals surface area contributed by atoms with Gasteiger partial charge in [0.05, 0.1) is 5.41 Å². The molecule has 41 heavy (non-hydrogen) atoms. The van der Waals surface area contributed by atoms with Gasteiger partial charge in [-0.1, -0.05) is 106 Å². The smallest absolute Gasteiger partial charge is 0.119 e. The highest BCUT2D eigenvalue weighted by molar-refractivity contribution is 5.93. The van der Waals surface area contributed by atoms with Crippen LogP contribution in [0.25, 0.3) is 32.7 Å². The number of benzene rings is 6. The van der Waals surface area contributed by atoms with Crippen molar-refractivity contribution in [3.05, 3.63) is 143 Å². The Kier molecular flexibility index (Phi) is 5.73. The topological polar surface area (TPSA) is 40.5 Å². The van der Waals surface area contributed by atoms with E-state index in [1.54, 1.807) is 6.07 Å². The van der Waals surface area contributed by atoms with Gasteiger partial charge in [-0.15, -0.1) is 0 Å². The lowest BCUT2D eigenvalue weighted by Gasteiger charge is -2.34. The maximum Gasteiger partial charge on any atom is 0.119 e. The van der Waals surface area contributed by atoms with Crippen molar-refractivity contribution in [3.8, 4) is 22.6 Å². The molecule has 0 aliphatic heterocycles. The molecule has 0 atom stereocenters. The molecule has 2 N–H and O–H groups in total. The van der Waals surface area contributed by atoms with Crippen molar-refractivity contribution < 1.29 is 10.2 Å². The van der Waals surface area contributed by atoms with Gasteiger partial charge in [0.2, 0.25) is 0 Å². The van der Waals surface area contributed by atoms with Crippen LogP contribution >= 0.6 is 0 Å². The molecule has 1 aliphatic carbocycles. The SMILES string of the molecule is CC(C)(C)CCc1c(O)ccc2cc(C3(c4ccc5cc(O)ccc5c4)c4ccccc4-c4ccccc43)ccc12. The van der Waals surface area contributed by atoms with Crippen molar-refractivity contribution in [2.75, 3.05) is 0 Å².